The predicted molar refractivity (Wildman–Crippen MR) is 119 cm³/mol. The second-order valence-corrected chi connectivity index (χ2v) is 7.44. The molecule has 0 saturated heterocycles. The molecule has 0 radical (unpaired) electrons. The van der Waals surface area contributed by atoms with Gasteiger partial charge in [0.25, 0.3) is 5.91 Å². The summed E-state index contributed by atoms with van der Waals surface area (Å²) in [5.74, 6) is -2.50. The van der Waals surface area contributed by atoms with Crippen molar-refractivity contribution in [3.8, 4) is 11.5 Å². The van der Waals surface area contributed by atoms with Gasteiger partial charge in [0.1, 0.15) is 11.6 Å². The van der Waals surface area contributed by atoms with E-state index in [0.29, 0.717) is 11.1 Å². The Morgan fingerprint density at radius 2 is 1.63 bits per heavy atom. The van der Waals surface area contributed by atoms with Gasteiger partial charge in [-0.05, 0) is 60.0 Å². The fourth-order valence-corrected chi connectivity index (χ4v) is 3.39. The number of halogens is 4. The van der Waals surface area contributed by atoms with Crippen LogP contribution in [0.4, 0.5) is 17.6 Å². The van der Waals surface area contributed by atoms with Crippen LogP contribution in [0, 0.1) is 11.6 Å². The first-order valence-corrected chi connectivity index (χ1v) is 10.5. The molecule has 0 aliphatic carbocycles. The highest BCUT2D eigenvalue weighted by Crippen LogP contribution is 2.29. The molecular weight excluding hydrogens is 468 g/mol. The smallest absolute Gasteiger partial charge is 0.387 e. The van der Waals surface area contributed by atoms with Gasteiger partial charge in [0, 0.05) is 5.56 Å². The van der Waals surface area contributed by atoms with E-state index >= 15 is 0 Å². The first kappa shape index (κ1) is 25.5. The molecule has 3 aromatic carbocycles. The molecule has 0 saturated carbocycles. The zero-order chi connectivity index (χ0) is 25.4. The van der Waals surface area contributed by atoms with Gasteiger partial charge in [0.15, 0.2) is 11.5 Å². The number of carbonyl (C=O) groups is 2. The van der Waals surface area contributed by atoms with Crippen LogP contribution in [0.5, 0.6) is 11.5 Å². The molecule has 184 valence electrons. The van der Waals surface area contributed by atoms with Crippen LogP contribution in [-0.4, -0.2) is 32.1 Å². The van der Waals surface area contributed by atoms with Gasteiger partial charge >= 0.3 is 6.61 Å². The first-order valence-electron chi connectivity index (χ1n) is 10.5. The van der Waals surface area contributed by atoms with Crippen molar-refractivity contribution in [2.75, 3.05) is 13.7 Å². The number of hydrogen-bond donors (Lipinski definition) is 2. The van der Waals surface area contributed by atoms with Gasteiger partial charge in [-0.1, -0.05) is 24.3 Å². The Morgan fingerprint density at radius 3 is 2.29 bits per heavy atom. The van der Waals surface area contributed by atoms with E-state index in [1.54, 1.807) is 12.1 Å². The Labute approximate surface area is 198 Å². The molecular formula is C25H22F4N2O4. The van der Waals surface area contributed by atoms with Gasteiger partial charge in [-0.15, -0.1) is 0 Å². The summed E-state index contributed by atoms with van der Waals surface area (Å²) in [5.41, 5.74) is 1.10. The fraction of sp³-hybridized carbons (Fsp3) is 0.200. The van der Waals surface area contributed by atoms with E-state index in [4.69, 9.17) is 4.74 Å². The van der Waals surface area contributed by atoms with Crippen molar-refractivity contribution < 1.29 is 36.6 Å². The Bertz CT molecular complexity index is 1190. The second-order valence-electron chi connectivity index (χ2n) is 7.44. The van der Waals surface area contributed by atoms with E-state index in [1.807, 2.05) is 0 Å². The van der Waals surface area contributed by atoms with Gasteiger partial charge in [-0.25, -0.2) is 8.78 Å². The minimum absolute atomic E-state index is 0.0534. The third kappa shape index (κ3) is 7.46. The van der Waals surface area contributed by atoms with Crippen LogP contribution >= 0.6 is 0 Å². The summed E-state index contributed by atoms with van der Waals surface area (Å²) in [7, 11) is 1.23. The predicted octanol–water partition coefficient (Wildman–Crippen LogP) is 4.40. The van der Waals surface area contributed by atoms with E-state index in [-0.39, 0.29) is 23.5 Å². The Kier molecular flexibility index (Phi) is 8.66. The number of benzene rings is 3. The minimum atomic E-state index is -3.06. The monoisotopic (exact) mass is 490 g/mol. The molecule has 1 atom stereocenters. The highest BCUT2D eigenvalue weighted by molar-refractivity contribution is 5.97. The van der Waals surface area contributed by atoms with Gasteiger partial charge < -0.3 is 20.1 Å². The van der Waals surface area contributed by atoms with Crippen LogP contribution in [0.25, 0.3) is 0 Å². The number of amides is 2. The largest absolute Gasteiger partial charge is 0.493 e. The van der Waals surface area contributed by atoms with Crippen LogP contribution in [0.2, 0.25) is 0 Å². The van der Waals surface area contributed by atoms with E-state index < -0.39 is 42.6 Å². The maximum atomic E-state index is 13.8. The van der Waals surface area contributed by atoms with Crippen molar-refractivity contribution in [2.45, 2.75) is 19.1 Å². The lowest BCUT2D eigenvalue weighted by Crippen LogP contribution is -2.39. The lowest BCUT2D eigenvalue weighted by molar-refractivity contribution is -0.120. The molecule has 0 bridgehead atoms. The molecule has 0 aromatic heterocycles. The lowest BCUT2D eigenvalue weighted by atomic mass is 9.98. The summed E-state index contributed by atoms with van der Waals surface area (Å²) >= 11 is 0. The van der Waals surface area contributed by atoms with Crippen molar-refractivity contribution in [2.24, 2.45) is 0 Å². The number of alkyl halides is 2. The highest BCUT2D eigenvalue weighted by Gasteiger charge is 2.18. The van der Waals surface area contributed by atoms with Crippen molar-refractivity contribution >= 4 is 11.8 Å². The van der Waals surface area contributed by atoms with Gasteiger partial charge in [0.2, 0.25) is 5.91 Å². The van der Waals surface area contributed by atoms with Crippen LogP contribution in [0.1, 0.15) is 27.5 Å². The molecule has 6 nitrogen and oxygen atoms in total. The molecule has 0 spiro atoms. The summed E-state index contributed by atoms with van der Waals surface area (Å²) in [5, 5.41) is 5.14. The second kappa shape index (κ2) is 11.9. The van der Waals surface area contributed by atoms with Crippen molar-refractivity contribution in [3.63, 3.8) is 0 Å². The number of rotatable bonds is 10. The van der Waals surface area contributed by atoms with Gasteiger partial charge in [-0.3, -0.25) is 9.59 Å². The Balaban J connectivity index is 1.67. The Morgan fingerprint density at radius 1 is 0.914 bits per heavy atom. The minimum Gasteiger partial charge on any atom is -0.493 e. The molecule has 0 aliphatic rings. The SMILES string of the molecule is COc1cc(C(=O)NCC(=O)NC(Cc2cccc(F)c2)c2cccc(F)c2)ccc1OC(F)F. The number of methoxy groups -OCH3 is 1. The van der Waals surface area contributed by atoms with Crippen LogP contribution < -0.4 is 20.1 Å². The third-order valence-electron chi connectivity index (χ3n) is 4.97. The summed E-state index contributed by atoms with van der Waals surface area (Å²) in [6.45, 7) is -3.49. The molecule has 1 unspecified atom stereocenters. The molecule has 0 fully saturated rings. The molecule has 35 heavy (non-hydrogen) atoms. The molecule has 2 amide bonds. The number of hydrogen-bond acceptors (Lipinski definition) is 4. The maximum absolute atomic E-state index is 13.8. The highest BCUT2D eigenvalue weighted by atomic mass is 19.3. The summed E-state index contributed by atoms with van der Waals surface area (Å²) in [4.78, 5) is 25.0. The first-order chi connectivity index (χ1) is 16.7. The lowest BCUT2D eigenvalue weighted by Gasteiger charge is -2.20. The van der Waals surface area contributed by atoms with E-state index in [2.05, 4.69) is 15.4 Å². The number of nitrogens with one attached hydrogen (secondary N) is 2. The standard InChI is InChI=1S/C25H22F4N2O4/c1-34-22-13-17(8-9-21(22)35-25(28)29)24(33)30-14-23(32)31-20(16-5-3-7-19(27)12-16)11-15-4-2-6-18(26)10-15/h2-10,12-13,20,25H,11,14H2,1H3,(H,30,33)(H,31,32). The maximum Gasteiger partial charge on any atom is 0.387 e. The average Bonchev–Trinajstić information content (AvgIpc) is 2.82. The third-order valence-corrected chi connectivity index (χ3v) is 4.97. The molecule has 0 heterocycles. The van der Waals surface area contributed by atoms with E-state index in [1.165, 1.54) is 55.6 Å². The van der Waals surface area contributed by atoms with Crippen LogP contribution in [0.3, 0.4) is 0 Å². The molecule has 0 aliphatic heterocycles. The normalized spacial score (nSPS) is 11.6. The van der Waals surface area contributed by atoms with Crippen LogP contribution in [-0.2, 0) is 11.2 Å². The molecule has 2 N–H and O–H groups in total. The topological polar surface area (TPSA) is 76.7 Å². The average molecular weight is 490 g/mol. The van der Waals surface area contributed by atoms with Crippen molar-refractivity contribution in [3.05, 3.63) is 95.1 Å². The zero-order valence-corrected chi connectivity index (χ0v) is 18.6. The molecule has 10 heteroatoms. The quantitative estimate of drug-likeness (QED) is 0.413. The number of carbonyl (C=O) groups excluding carboxylic acids is 2. The Hall–Kier alpha value is -4.08. The van der Waals surface area contributed by atoms with Gasteiger partial charge in [-0.2, -0.15) is 8.78 Å². The molecule has 3 rings (SSSR count). The van der Waals surface area contributed by atoms with Crippen LogP contribution in [0.15, 0.2) is 66.7 Å². The number of ether oxygens (including phenoxy) is 2. The summed E-state index contributed by atoms with van der Waals surface area (Å²) < 4.78 is 61.6. The molecule has 3 aromatic rings. The van der Waals surface area contributed by atoms with Gasteiger partial charge in [0.05, 0.1) is 19.7 Å². The van der Waals surface area contributed by atoms with E-state index in [0.717, 1.165) is 6.07 Å². The van der Waals surface area contributed by atoms with E-state index in [9.17, 15) is 27.2 Å². The fourth-order valence-electron chi connectivity index (χ4n) is 3.39. The zero-order valence-electron chi connectivity index (χ0n) is 18.6. The summed E-state index contributed by atoms with van der Waals surface area (Å²) in [6.07, 6.45) is 0.184. The summed E-state index contributed by atoms with van der Waals surface area (Å²) in [6, 6.07) is 14.4. The van der Waals surface area contributed by atoms with Crippen molar-refractivity contribution in [1.29, 1.82) is 0 Å². The van der Waals surface area contributed by atoms with Crippen molar-refractivity contribution in [1.82, 2.24) is 10.6 Å².